The van der Waals surface area contributed by atoms with Crippen LogP contribution in [-0.4, -0.2) is 61.1 Å². The standard InChI is InChI=1S/C20H25N3O3/c1-25-18-5-3-4-16(12-18)13-20(24)23-10-8-22(9-11-23)15-17-6-7-19(26-2)21-14-17/h3-7,12,14H,8-11,13,15H2,1-2H3. The number of aromatic nitrogens is 1. The quantitative estimate of drug-likeness (QED) is 0.793. The van der Waals surface area contributed by atoms with Gasteiger partial charge in [0.1, 0.15) is 5.75 Å². The lowest BCUT2D eigenvalue weighted by Crippen LogP contribution is -2.48. The Morgan fingerprint density at radius 2 is 1.85 bits per heavy atom. The van der Waals surface area contributed by atoms with Crippen molar-refractivity contribution in [1.82, 2.24) is 14.8 Å². The van der Waals surface area contributed by atoms with Gasteiger partial charge in [-0.3, -0.25) is 9.69 Å². The fourth-order valence-electron chi connectivity index (χ4n) is 3.11. The maximum Gasteiger partial charge on any atom is 0.227 e. The van der Waals surface area contributed by atoms with Crippen LogP contribution in [0.25, 0.3) is 0 Å². The number of nitrogens with zero attached hydrogens (tertiary/aromatic N) is 3. The summed E-state index contributed by atoms with van der Waals surface area (Å²) in [5, 5.41) is 0. The SMILES string of the molecule is COc1cccc(CC(=O)N2CCN(Cc3ccc(OC)nc3)CC2)c1. The molecule has 0 bridgehead atoms. The van der Waals surface area contributed by atoms with E-state index in [0.717, 1.165) is 49.6 Å². The zero-order valence-corrected chi connectivity index (χ0v) is 15.4. The summed E-state index contributed by atoms with van der Waals surface area (Å²) in [4.78, 5) is 21.1. The minimum Gasteiger partial charge on any atom is -0.497 e. The monoisotopic (exact) mass is 355 g/mol. The Hall–Kier alpha value is -2.60. The molecule has 6 heteroatoms. The summed E-state index contributed by atoms with van der Waals surface area (Å²) >= 11 is 0. The molecule has 0 radical (unpaired) electrons. The van der Waals surface area contributed by atoms with Crippen molar-refractivity contribution < 1.29 is 14.3 Å². The fourth-order valence-corrected chi connectivity index (χ4v) is 3.11. The summed E-state index contributed by atoms with van der Waals surface area (Å²) in [6, 6.07) is 11.6. The Bertz CT molecular complexity index is 725. The van der Waals surface area contributed by atoms with E-state index in [9.17, 15) is 4.79 Å². The Morgan fingerprint density at radius 3 is 2.50 bits per heavy atom. The van der Waals surface area contributed by atoms with Gasteiger partial charge in [0.15, 0.2) is 0 Å². The molecule has 1 aliphatic heterocycles. The number of benzene rings is 1. The third-order valence-electron chi connectivity index (χ3n) is 4.63. The maximum absolute atomic E-state index is 12.5. The first-order valence-electron chi connectivity index (χ1n) is 8.80. The molecular formula is C20H25N3O3. The third-order valence-corrected chi connectivity index (χ3v) is 4.63. The van der Waals surface area contributed by atoms with Crippen molar-refractivity contribution in [2.75, 3.05) is 40.4 Å². The fraction of sp³-hybridized carbons (Fsp3) is 0.400. The highest BCUT2D eigenvalue weighted by molar-refractivity contribution is 5.79. The summed E-state index contributed by atoms with van der Waals surface area (Å²) in [6.45, 7) is 4.10. The van der Waals surface area contributed by atoms with E-state index in [4.69, 9.17) is 9.47 Å². The number of hydrogen-bond donors (Lipinski definition) is 0. The Labute approximate surface area is 154 Å². The van der Waals surface area contributed by atoms with E-state index in [2.05, 4.69) is 9.88 Å². The third kappa shape index (κ3) is 4.73. The lowest BCUT2D eigenvalue weighted by atomic mass is 10.1. The van der Waals surface area contributed by atoms with E-state index < -0.39 is 0 Å². The first kappa shape index (κ1) is 18.2. The topological polar surface area (TPSA) is 54.9 Å². The van der Waals surface area contributed by atoms with Gasteiger partial charge in [-0.05, 0) is 23.3 Å². The van der Waals surface area contributed by atoms with E-state index in [-0.39, 0.29) is 5.91 Å². The molecule has 26 heavy (non-hydrogen) atoms. The molecule has 138 valence electrons. The molecule has 1 aromatic heterocycles. The largest absolute Gasteiger partial charge is 0.497 e. The number of carbonyl (C=O) groups is 1. The molecule has 1 fully saturated rings. The van der Waals surface area contributed by atoms with Gasteiger partial charge in [-0.1, -0.05) is 18.2 Å². The Kier molecular flexibility index (Phi) is 6.07. The van der Waals surface area contributed by atoms with E-state index in [1.54, 1.807) is 14.2 Å². The number of rotatable bonds is 6. The molecule has 0 N–H and O–H groups in total. The molecule has 2 aromatic rings. The van der Waals surface area contributed by atoms with Crippen molar-refractivity contribution in [1.29, 1.82) is 0 Å². The van der Waals surface area contributed by atoms with Crippen molar-refractivity contribution >= 4 is 5.91 Å². The van der Waals surface area contributed by atoms with Crippen LogP contribution in [0.5, 0.6) is 11.6 Å². The van der Waals surface area contributed by atoms with E-state index >= 15 is 0 Å². The van der Waals surface area contributed by atoms with Gasteiger partial charge in [-0.25, -0.2) is 4.98 Å². The van der Waals surface area contributed by atoms with Crippen molar-refractivity contribution in [2.24, 2.45) is 0 Å². The number of piperazine rings is 1. The number of hydrogen-bond acceptors (Lipinski definition) is 5. The van der Waals surface area contributed by atoms with Crippen LogP contribution in [0.15, 0.2) is 42.6 Å². The predicted molar refractivity (Wildman–Crippen MR) is 99.3 cm³/mol. The molecule has 0 saturated carbocycles. The van der Waals surface area contributed by atoms with Crippen molar-refractivity contribution in [3.8, 4) is 11.6 Å². The van der Waals surface area contributed by atoms with Crippen molar-refractivity contribution in [2.45, 2.75) is 13.0 Å². The predicted octanol–water partition coefficient (Wildman–Crippen LogP) is 1.99. The molecule has 0 atom stereocenters. The van der Waals surface area contributed by atoms with Crippen LogP contribution in [-0.2, 0) is 17.8 Å². The lowest BCUT2D eigenvalue weighted by Gasteiger charge is -2.34. The summed E-state index contributed by atoms with van der Waals surface area (Å²) < 4.78 is 10.3. The summed E-state index contributed by atoms with van der Waals surface area (Å²) in [6.07, 6.45) is 2.26. The molecule has 3 rings (SSSR count). The number of ether oxygens (including phenoxy) is 2. The summed E-state index contributed by atoms with van der Waals surface area (Å²) in [5.74, 6) is 1.58. The van der Waals surface area contributed by atoms with Crippen LogP contribution in [0.1, 0.15) is 11.1 Å². The molecule has 0 spiro atoms. The minimum atomic E-state index is 0.170. The number of amides is 1. The second-order valence-corrected chi connectivity index (χ2v) is 6.39. The van der Waals surface area contributed by atoms with Gasteiger partial charge >= 0.3 is 0 Å². The number of methoxy groups -OCH3 is 2. The van der Waals surface area contributed by atoms with E-state index in [0.29, 0.717) is 12.3 Å². The highest BCUT2D eigenvalue weighted by Crippen LogP contribution is 2.15. The van der Waals surface area contributed by atoms with Gasteiger partial charge in [0.05, 0.1) is 20.6 Å². The van der Waals surface area contributed by atoms with Crippen LogP contribution < -0.4 is 9.47 Å². The Morgan fingerprint density at radius 1 is 1.04 bits per heavy atom. The van der Waals surface area contributed by atoms with E-state index in [1.807, 2.05) is 47.5 Å². The van der Waals surface area contributed by atoms with Gasteiger partial charge < -0.3 is 14.4 Å². The number of carbonyl (C=O) groups excluding carboxylic acids is 1. The van der Waals surface area contributed by atoms with Crippen molar-refractivity contribution in [3.05, 3.63) is 53.7 Å². The molecule has 1 aromatic carbocycles. The van der Waals surface area contributed by atoms with Crippen LogP contribution in [0.4, 0.5) is 0 Å². The average molecular weight is 355 g/mol. The molecule has 0 aliphatic carbocycles. The summed E-state index contributed by atoms with van der Waals surface area (Å²) in [5.41, 5.74) is 2.14. The average Bonchev–Trinajstić information content (AvgIpc) is 2.69. The molecular weight excluding hydrogens is 330 g/mol. The summed E-state index contributed by atoms with van der Waals surface area (Å²) in [7, 11) is 3.25. The zero-order chi connectivity index (χ0) is 18.4. The minimum absolute atomic E-state index is 0.170. The second kappa shape index (κ2) is 8.67. The van der Waals surface area contributed by atoms with Gasteiger partial charge in [0, 0.05) is 45.0 Å². The maximum atomic E-state index is 12.5. The first-order chi connectivity index (χ1) is 12.7. The van der Waals surface area contributed by atoms with Gasteiger partial charge in [-0.2, -0.15) is 0 Å². The molecule has 0 unspecified atom stereocenters. The second-order valence-electron chi connectivity index (χ2n) is 6.39. The first-order valence-corrected chi connectivity index (χ1v) is 8.80. The highest BCUT2D eigenvalue weighted by atomic mass is 16.5. The van der Waals surface area contributed by atoms with Crippen LogP contribution in [0, 0.1) is 0 Å². The Balaban J connectivity index is 1.48. The van der Waals surface area contributed by atoms with Gasteiger partial charge in [0.2, 0.25) is 11.8 Å². The highest BCUT2D eigenvalue weighted by Gasteiger charge is 2.21. The van der Waals surface area contributed by atoms with E-state index in [1.165, 1.54) is 0 Å². The smallest absolute Gasteiger partial charge is 0.227 e. The van der Waals surface area contributed by atoms with Crippen LogP contribution in [0.2, 0.25) is 0 Å². The molecule has 1 saturated heterocycles. The van der Waals surface area contributed by atoms with Gasteiger partial charge in [0.25, 0.3) is 0 Å². The van der Waals surface area contributed by atoms with Crippen molar-refractivity contribution in [3.63, 3.8) is 0 Å². The van der Waals surface area contributed by atoms with Gasteiger partial charge in [-0.15, -0.1) is 0 Å². The number of pyridine rings is 1. The van der Waals surface area contributed by atoms with Crippen LogP contribution in [0.3, 0.4) is 0 Å². The molecule has 6 nitrogen and oxygen atoms in total. The molecule has 1 aliphatic rings. The molecule has 2 heterocycles. The zero-order valence-electron chi connectivity index (χ0n) is 15.4. The lowest BCUT2D eigenvalue weighted by molar-refractivity contribution is -0.132. The normalized spacial score (nSPS) is 14.9. The molecule has 1 amide bonds. The van der Waals surface area contributed by atoms with Crippen LogP contribution >= 0.6 is 0 Å².